The third kappa shape index (κ3) is 3.65. The molecule has 30 heavy (non-hydrogen) atoms. The smallest absolute Gasteiger partial charge is 0.258 e. The first-order valence-electron chi connectivity index (χ1n) is 11.1. The second-order valence-electron chi connectivity index (χ2n) is 8.60. The van der Waals surface area contributed by atoms with Crippen molar-refractivity contribution < 1.29 is 9.64 Å². The Morgan fingerprint density at radius 1 is 1.27 bits per heavy atom. The average molecular weight is 410 g/mol. The van der Waals surface area contributed by atoms with Crippen LogP contribution in [0.25, 0.3) is 10.9 Å². The molecule has 2 aliphatic rings. The number of nitrogens with zero attached hydrogens (tertiary/aromatic N) is 4. The van der Waals surface area contributed by atoms with E-state index in [1.54, 1.807) is 0 Å². The van der Waals surface area contributed by atoms with Gasteiger partial charge in [0.05, 0.1) is 36.8 Å². The zero-order valence-electron chi connectivity index (χ0n) is 17.4. The molecule has 0 bridgehead atoms. The third-order valence-corrected chi connectivity index (χ3v) is 6.55. The monoisotopic (exact) mass is 409 g/mol. The molecule has 2 aliphatic heterocycles. The Kier molecular flexibility index (Phi) is 5.35. The summed E-state index contributed by atoms with van der Waals surface area (Å²) >= 11 is 0. The summed E-state index contributed by atoms with van der Waals surface area (Å²) in [5.74, 6) is 0.764. The number of fused-ring (bicyclic) bond motifs is 1. The van der Waals surface area contributed by atoms with Crippen LogP contribution in [0.2, 0.25) is 0 Å². The zero-order chi connectivity index (χ0) is 20.5. The van der Waals surface area contributed by atoms with E-state index in [0.29, 0.717) is 6.54 Å². The molecule has 0 aliphatic carbocycles. The number of benzene rings is 1. The summed E-state index contributed by atoms with van der Waals surface area (Å²) in [4.78, 5) is 17.7. The number of H-pyrrole nitrogens is 1. The van der Waals surface area contributed by atoms with Gasteiger partial charge >= 0.3 is 0 Å². The minimum Gasteiger partial charge on any atom is -0.376 e. The molecule has 158 valence electrons. The molecule has 0 radical (unpaired) electrons. The van der Waals surface area contributed by atoms with Crippen molar-refractivity contribution in [2.45, 2.75) is 57.7 Å². The van der Waals surface area contributed by atoms with Crippen molar-refractivity contribution in [3.63, 3.8) is 0 Å². The van der Waals surface area contributed by atoms with Crippen LogP contribution in [0.4, 0.5) is 0 Å². The van der Waals surface area contributed by atoms with Gasteiger partial charge in [0.25, 0.3) is 5.56 Å². The number of rotatable bonds is 5. The molecule has 3 aromatic rings. The van der Waals surface area contributed by atoms with Crippen molar-refractivity contribution in [2.75, 3.05) is 19.7 Å². The van der Waals surface area contributed by atoms with Crippen LogP contribution in [0.15, 0.2) is 29.1 Å². The van der Waals surface area contributed by atoms with E-state index in [1.807, 2.05) is 29.8 Å². The van der Waals surface area contributed by atoms with Crippen LogP contribution in [-0.2, 0) is 11.3 Å². The molecule has 8 heteroatoms. The van der Waals surface area contributed by atoms with E-state index in [-0.39, 0.29) is 17.7 Å². The molecule has 0 amide bonds. The van der Waals surface area contributed by atoms with Crippen molar-refractivity contribution in [3.8, 4) is 0 Å². The van der Waals surface area contributed by atoms with Gasteiger partial charge < -0.3 is 14.6 Å². The highest BCUT2D eigenvalue weighted by atomic mass is 16.5. The topological polar surface area (TPSA) is 90.1 Å². The predicted octanol–water partition coefficient (Wildman–Crippen LogP) is 1.16. The lowest BCUT2D eigenvalue weighted by molar-refractivity contribution is -0.931. The van der Waals surface area contributed by atoms with Gasteiger partial charge in [0.1, 0.15) is 0 Å². The van der Waals surface area contributed by atoms with Crippen molar-refractivity contribution in [1.29, 1.82) is 0 Å². The van der Waals surface area contributed by atoms with Crippen LogP contribution in [0.1, 0.15) is 55.1 Å². The van der Waals surface area contributed by atoms with Crippen LogP contribution in [-0.4, -0.2) is 51.0 Å². The number of tetrazole rings is 1. The summed E-state index contributed by atoms with van der Waals surface area (Å²) in [6.45, 7) is 5.49. The Labute approximate surface area is 175 Å². The lowest BCUT2D eigenvalue weighted by Gasteiger charge is -2.30. The second-order valence-corrected chi connectivity index (χ2v) is 8.60. The Bertz CT molecular complexity index is 1080. The quantitative estimate of drug-likeness (QED) is 0.660. The lowest BCUT2D eigenvalue weighted by Crippen LogP contribution is -3.13. The number of piperidine rings is 1. The number of ether oxygens (including phenoxy) is 1. The minimum atomic E-state index is -0.185. The minimum absolute atomic E-state index is 0.0495. The summed E-state index contributed by atoms with van der Waals surface area (Å²) in [7, 11) is 0. The van der Waals surface area contributed by atoms with Gasteiger partial charge in [0.2, 0.25) is 5.82 Å². The number of likely N-dealkylation sites (tertiary alicyclic amines) is 1. The molecule has 0 unspecified atom stereocenters. The van der Waals surface area contributed by atoms with Crippen LogP contribution in [0.3, 0.4) is 0 Å². The van der Waals surface area contributed by atoms with Crippen molar-refractivity contribution in [2.24, 2.45) is 0 Å². The van der Waals surface area contributed by atoms with Crippen LogP contribution >= 0.6 is 0 Å². The highest BCUT2D eigenvalue weighted by Crippen LogP contribution is 2.22. The summed E-state index contributed by atoms with van der Waals surface area (Å²) in [6.07, 6.45) is 5.79. The Hall–Kier alpha value is -2.58. The highest BCUT2D eigenvalue weighted by Gasteiger charge is 2.35. The maximum Gasteiger partial charge on any atom is 0.258 e. The number of quaternary nitrogens is 1. The van der Waals surface area contributed by atoms with Crippen LogP contribution < -0.4 is 10.5 Å². The SMILES string of the molecule is Cc1cccc2cc([C@@H](c3nnnn3C[C@H]3CCCO3)[NH+]3CCCCC3)c(=O)[nH]c12. The van der Waals surface area contributed by atoms with Crippen molar-refractivity contribution in [1.82, 2.24) is 25.2 Å². The highest BCUT2D eigenvalue weighted by molar-refractivity contribution is 5.82. The molecule has 4 heterocycles. The predicted molar refractivity (Wildman–Crippen MR) is 112 cm³/mol. The Balaban J connectivity index is 1.60. The number of para-hydroxylation sites is 1. The summed E-state index contributed by atoms with van der Waals surface area (Å²) in [5, 5.41) is 13.7. The third-order valence-electron chi connectivity index (χ3n) is 6.55. The summed E-state index contributed by atoms with van der Waals surface area (Å²) in [5.41, 5.74) is 2.67. The van der Waals surface area contributed by atoms with E-state index < -0.39 is 0 Å². The summed E-state index contributed by atoms with van der Waals surface area (Å²) < 4.78 is 7.68. The maximum absolute atomic E-state index is 13.2. The van der Waals surface area contributed by atoms with Crippen molar-refractivity contribution in [3.05, 3.63) is 51.6 Å². The molecule has 2 atom stereocenters. The fourth-order valence-electron chi connectivity index (χ4n) is 4.98. The first kappa shape index (κ1) is 19.4. The molecule has 0 saturated carbocycles. The molecule has 1 aromatic carbocycles. The first-order chi connectivity index (χ1) is 14.7. The van der Waals surface area contributed by atoms with Gasteiger partial charge in [-0.2, -0.15) is 0 Å². The van der Waals surface area contributed by atoms with E-state index in [0.717, 1.165) is 73.2 Å². The van der Waals surface area contributed by atoms with Crippen LogP contribution in [0, 0.1) is 6.92 Å². The maximum atomic E-state index is 13.2. The van der Waals surface area contributed by atoms with Gasteiger partial charge in [-0.1, -0.05) is 18.2 Å². The van der Waals surface area contributed by atoms with Gasteiger partial charge in [0, 0.05) is 6.61 Å². The van der Waals surface area contributed by atoms with Gasteiger partial charge in [0.15, 0.2) is 6.04 Å². The normalized spacial score (nSPS) is 21.3. The average Bonchev–Trinajstić information content (AvgIpc) is 3.43. The molecular weight excluding hydrogens is 380 g/mol. The Morgan fingerprint density at radius 3 is 2.93 bits per heavy atom. The number of aromatic amines is 1. The number of aryl methyl sites for hydroxylation is 1. The molecule has 2 aromatic heterocycles. The van der Waals surface area contributed by atoms with E-state index in [9.17, 15) is 4.79 Å². The molecule has 2 saturated heterocycles. The molecule has 2 N–H and O–H groups in total. The second kappa shape index (κ2) is 8.28. The van der Waals surface area contributed by atoms with Crippen molar-refractivity contribution >= 4 is 10.9 Å². The van der Waals surface area contributed by atoms with Gasteiger partial charge in [-0.15, -0.1) is 5.10 Å². The fraction of sp³-hybridized carbons (Fsp3) is 0.545. The molecular formula is C22H29N6O2+. The molecule has 0 spiro atoms. The number of pyridine rings is 1. The largest absolute Gasteiger partial charge is 0.376 e. The molecule has 2 fully saturated rings. The molecule has 5 rings (SSSR count). The summed E-state index contributed by atoms with van der Waals surface area (Å²) in [6, 6.07) is 7.96. The van der Waals surface area contributed by atoms with E-state index in [4.69, 9.17) is 4.74 Å². The van der Waals surface area contributed by atoms with E-state index >= 15 is 0 Å². The fourth-order valence-corrected chi connectivity index (χ4v) is 4.98. The Morgan fingerprint density at radius 2 is 2.13 bits per heavy atom. The number of nitrogens with one attached hydrogen (secondary N) is 2. The van der Waals surface area contributed by atoms with Crippen LogP contribution in [0.5, 0.6) is 0 Å². The zero-order valence-corrected chi connectivity index (χ0v) is 17.4. The van der Waals surface area contributed by atoms with E-state index in [1.165, 1.54) is 11.3 Å². The standard InChI is InChI=1S/C22H28N6O2/c1-15-7-5-8-16-13-18(22(29)23-19(15)16)20(27-10-3-2-4-11-27)21-24-25-26-28(21)14-17-9-6-12-30-17/h5,7-8,13,17,20H,2-4,6,9-12,14H2,1H3,(H,23,29)/p+1/t17-,20+/m1/s1. The van der Waals surface area contributed by atoms with Gasteiger partial charge in [-0.05, 0) is 66.5 Å². The van der Waals surface area contributed by atoms with Gasteiger partial charge in [-0.25, -0.2) is 4.68 Å². The van der Waals surface area contributed by atoms with E-state index in [2.05, 4.69) is 26.6 Å². The number of hydrogen-bond acceptors (Lipinski definition) is 5. The number of aromatic nitrogens is 5. The molecule has 8 nitrogen and oxygen atoms in total. The first-order valence-corrected chi connectivity index (χ1v) is 11.1. The number of hydrogen-bond donors (Lipinski definition) is 2. The van der Waals surface area contributed by atoms with Gasteiger partial charge in [-0.3, -0.25) is 4.79 Å². The lowest BCUT2D eigenvalue weighted by atomic mass is 9.99.